The lowest BCUT2D eigenvalue weighted by Gasteiger charge is -2.27. The first-order chi connectivity index (χ1) is 6.05. The SMILES string of the molecule is CCOCC(CC(C)(C)OC)NN. The van der Waals surface area contributed by atoms with Crippen molar-refractivity contribution in [1.29, 1.82) is 0 Å². The molecule has 0 radical (unpaired) electrons. The Balaban J connectivity index is 3.82. The van der Waals surface area contributed by atoms with Gasteiger partial charge in [-0.05, 0) is 27.2 Å². The zero-order valence-electron chi connectivity index (χ0n) is 9.09. The Labute approximate surface area is 80.7 Å². The highest BCUT2D eigenvalue weighted by Gasteiger charge is 2.21. The fourth-order valence-electron chi connectivity index (χ4n) is 1.10. The van der Waals surface area contributed by atoms with E-state index >= 15 is 0 Å². The minimum absolute atomic E-state index is 0.148. The van der Waals surface area contributed by atoms with E-state index < -0.39 is 0 Å². The third kappa shape index (κ3) is 5.99. The fraction of sp³-hybridized carbons (Fsp3) is 1.00. The summed E-state index contributed by atoms with van der Waals surface area (Å²) < 4.78 is 10.6. The third-order valence-electron chi connectivity index (χ3n) is 2.05. The molecule has 4 heteroatoms. The lowest BCUT2D eigenvalue weighted by atomic mass is 10.00. The van der Waals surface area contributed by atoms with E-state index in [4.69, 9.17) is 15.3 Å². The summed E-state index contributed by atoms with van der Waals surface area (Å²) in [7, 11) is 1.70. The van der Waals surface area contributed by atoms with E-state index in [-0.39, 0.29) is 11.6 Å². The Hall–Kier alpha value is -0.160. The van der Waals surface area contributed by atoms with Crippen molar-refractivity contribution in [2.75, 3.05) is 20.3 Å². The molecule has 0 aliphatic rings. The second kappa shape index (κ2) is 6.32. The van der Waals surface area contributed by atoms with Crippen molar-refractivity contribution in [3.63, 3.8) is 0 Å². The van der Waals surface area contributed by atoms with Crippen LogP contribution >= 0.6 is 0 Å². The Morgan fingerprint density at radius 3 is 2.46 bits per heavy atom. The van der Waals surface area contributed by atoms with E-state index in [0.717, 1.165) is 6.42 Å². The summed E-state index contributed by atoms with van der Waals surface area (Å²) in [6.07, 6.45) is 0.833. The second-order valence-corrected chi connectivity index (χ2v) is 3.69. The second-order valence-electron chi connectivity index (χ2n) is 3.69. The predicted octanol–water partition coefficient (Wildman–Crippen LogP) is 0.670. The molecule has 1 unspecified atom stereocenters. The van der Waals surface area contributed by atoms with Gasteiger partial charge in [-0.15, -0.1) is 0 Å². The molecule has 0 aliphatic carbocycles. The number of hydrazine groups is 1. The molecule has 0 aliphatic heterocycles. The third-order valence-corrected chi connectivity index (χ3v) is 2.05. The summed E-state index contributed by atoms with van der Waals surface area (Å²) >= 11 is 0. The molecule has 0 aromatic rings. The number of nitrogens with one attached hydrogen (secondary N) is 1. The van der Waals surface area contributed by atoms with Crippen LogP contribution in [0.4, 0.5) is 0 Å². The van der Waals surface area contributed by atoms with E-state index in [9.17, 15) is 0 Å². The zero-order chi connectivity index (χ0) is 10.3. The first kappa shape index (κ1) is 12.8. The Kier molecular flexibility index (Phi) is 6.24. The minimum atomic E-state index is -0.159. The fourth-order valence-corrected chi connectivity index (χ4v) is 1.10. The van der Waals surface area contributed by atoms with E-state index in [2.05, 4.69) is 5.43 Å². The van der Waals surface area contributed by atoms with Crippen LogP contribution < -0.4 is 11.3 Å². The highest BCUT2D eigenvalue weighted by Crippen LogP contribution is 2.15. The summed E-state index contributed by atoms with van der Waals surface area (Å²) in [5.41, 5.74) is 2.56. The van der Waals surface area contributed by atoms with E-state index in [1.807, 2.05) is 20.8 Å². The van der Waals surface area contributed by atoms with Gasteiger partial charge in [-0.2, -0.15) is 0 Å². The van der Waals surface area contributed by atoms with Crippen LogP contribution in [0.25, 0.3) is 0 Å². The van der Waals surface area contributed by atoms with Crippen molar-refractivity contribution in [3.05, 3.63) is 0 Å². The molecule has 0 saturated carbocycles. The Morgan fingerprint density at radius 2 is 2.08 bits per heavy atom. The van der Waals surface area contributed by atoms with Gasteiger partial charge in [-0.3, -0.25) is 11.3 Å². The summed E-state index contributed by atoms with van der Waals surface area (Å²) in [6, 6.07) is 0.148. The van der Waals surface area contributed by atoms with Crippen LogP contribution in [0.15, 0.2) is 0 Å². The van der Waals surface area contributed by atoms with Gasteiger partial charge < -0.3 is 9.47 Å². The normalized spacial score (nSPS) is 14.5. The lowest BCUT2D eigenvalue weighted by molar-refractivity contribution is -0.00380. The molecule has 0 saturated heterocycles. The molecule has 80 valence electrons. The van der Waals surface area contributed by atoms with Crippen LogP contribution in [0, 0.1) is 0 Å². The minimum Gasteiger partial charge on any atom is -0.380 e. The molecule has 0 bridgehead atoms. The van der Waals surface area contributed by atoms with Crippen LogP contribution in [0.3, 0.4) is 0 Å². The van der Waals surface area contributed by atoms with Crippen molar-refractivity contribution >= 4 is 0 Å². The number of rotatable bonds is 7. The van der Waals surface area contributed by atoms with E-state index in [1.54, 1.807) is 7.11 Å². The molecule has 0 aromatic heterocycles. The molecular formula is C9H22N2O2. The molecule has 0 fully saturated rings. The van der Waals surface area contributed by atoms with Gasteiger partial charge in [0, 0.05) is 19.8 Å². The average molecular weight is 190 g/mol. The standard InChI is InChI=1S/C9H22N2O2/c1-5-13-7-8(11-10)6-9(2,3)12-4/h8,11H,5-7,10H2,1-4H3. The van der Waals surface area contributed by atoms with E-state index in [1.165, 1.54) is 0 Å². The molecule has 0 aromatic carbocycles. The number of methoxy groups -OCH3 is 1. The summed E-state index contributed by atoms with van der Waals surface area (Å²) in [5, 5.41) is 0. The summed E-state index contributed by atoms with van der Waals surface area (Å²) in [4.78, 5) is 0. The molecular weight excluding hydrogens is 168 g/mol. The molecule has 13 heavy (non-hydrogen) atoms. The molecule has 1 atom stereocenters. The topological polar surface area (TPSA) is 56.5 Å². The number of hydrogen-bond donors (Lipinski definition) is 2. The molecule has 3 N–H and O–H groups in total. The number of ether oxygens (including phenoxy) is 2. The average Bonchev–Trinajstić information content (AvgIpc) is 2.12. The predicted molar refractivity (Wildman–Crippen MR) is 53.3 cm³/mol. The van der Waals surface area contributed by atoms with Crippen molar-refractivity contribution < 1.29 is 9.47 Å². The van der Waals surface area contributed by atoms with E-state index in [0.29, 0.717) is 13.2 Å². The highest BCUT2D eigenvalue weighted by atomic mass is 16.5. The van der Waals surface area contributed by atoms with Gasteiger partial charge in [-0.1, -0.05) is 0 Å². The van der Waals surface area contributed by atoms with Crippen LogP contribution in [-0.2, 0) is 9.47 Å². The first-order valence-corrected chi connectivity index (χ1v) is 4.64. The lowest BCUT2D eigenvalue weighted by Crippen LogP contribution is -2.44. The Bertz CT molecular complexity index is 129. The van der Waals surface area contributed by atoms with Crippen molar-refractivity contribution in [2.45, 2.75) is 38.8 Å². The van der Waals surface area contributed by atoms with Crippen LogP contribution in [0.2, 0.25) is 0 Å². The summed E-state index contributed by atoms with van der Waals surface area (Å²) in [5.74, 6) is 5.39. The van der Waals surface area contributed by atoms with Gasteiger partial charge >= 0.3 is 0 Å². The number of hydrogen-bond acceptors (Lipinski definition) is 4. The largest absolute Gasteiger partial charge is 0.380 e. The molecule has 0 rings (SSSR count). The van der Waals surface area contributed by atoms with Crippen molar-refractivity contribution in [1.82, 2.24) is 5.43 Å². The monoisotopic (exact) mass is 190 g/mol. The van der Waals surface area contributed by atoms with Crippen LogP contribution in [-0.4, -0.2) is 32.0 Å². The quantitative estimate of drug-likeness (QED) is 0.457. The maximum absolute atomic E-state index is 5.39. The van der Waals surface area contributed by atoms with Gasteiger partial charge in [0.05, 0.1) is 12.2 Å². The van der Waals surface area contributed by atoms with Crippen LogP contribution in [0.5, 0.6) is 0 Å². The van der Waals surface area contributed by atoms with Gasteiger partial charge in [0.1, 0.15) is 0 Å². The van der Waals surface area contributed by atoms with Gasteiger partial charge in [0.25, 0.3) is 0 Å². The van der Waals surface area contributed by atoms with Gasteiger partial charge in [-0.25, -0.2) is 0 Å². The van der Waals surface area contributed by atoms with Gasteiger partial charge in [0.15, 0.2) is 0 Å². The maximum Gasteiger partial charge on any atom is 0.0639 e. The Morgan fingerprint density at radius 1 is 1.46 bits per heavy atom. The molecule has 0 spiro atoms. The molecule has 0 amide bonds. The smallest absolute Gasteiger partial charge is 0.0639 e. The highest BCUT2D eigenvalue weighted by molar-refractivity contribution is 4.76. The molecule has 4 nitrogen and oxygen atoms in total. The van der Waals surface area contributed by atoms with Crippen LogP contribution in [0.1, 0.15) is 27.2 Å². The zero-order valence-corrected chi connectivity index (χ0v) is 9.09. The number of nitrogens with two attached hydrogens (primary N) is 1. The van der Waals surface area contributed by atoms with Crippen molar-refractivity contribution in [3.8, 4) is 0 Å². The summed E-state index contributed by atoms with van der Waals surface area (Å²) in [6.45, 7) is 7.37. The van der Waals surface area contributed by atoms with Gasteiger partial charge in [0.2, 0.25) is 0 Å². The maximum atomic E-state index is 5.39. The molecule has 0 heterocycles. The first-order valence-electron chi connectivity index (χ1n) is 4.64. The van der Waals surface area contributed by atoms with Crippen molar-refractivity contribution in [2.24, 2.45) is 5.84 Å².